The first-order chi connectivity index (χ1) is 36.8. The highest BCUT2D eigenvalue weighted by molar-refractivity contribution is 8.00. The monoisotopic (exact) mass is 1150 g/mol. The third-order valence-electron chi connectivity index (χ3n) is 11.3. The Balaban J connectivity index is 3.87. The molecule has 0 unspecified atom stereocenters. The van der Waals surface area contributed by atoms with Crippen LogP contribution in [-0.4, -0.2) is 214 Å². The van der Waals surface area contributed by atoms with E-state index in [0.717, 1.165) is 82.4 Å². The number of carboxylic acids is 3. The van der Waals surface area contributed by atoms with Crippen molar-refractivity contribution < 1.29 is 95.5 Å². The molecule has 0 bridgehead atoms. The minimum Gasteiger partial charge on any atom is -0.480 e. The number of carbonyl (C=O) groups is 9. The van der Waals surface area contributed by atoms with Crippen molar-refractivity contribution in [1.82, 2.24) is 37.2 Å². The molecule has 0 fully saturated rings. The average Bonchev–Trinajstić information content (AvgIpc) is 3.37. The van der Waals surface area contributed by atoms with E-state index in [4.69, 9.17) is 33.7 Å². The summed E-state index contributed by atoms with van der Waals surface area (Å²) in [4.78, 5) is 108. The molecule has 0 aromatic carbocycles. The summed E-state index contributed by atoms with van der Waals surface area (Å²) in [5.41, 5.74) is 0. The van der Waals surface area contributed by atoms with Crippen molar-refractivity contribution >= 4 is 75.2 Å². The Hall–Kier alpha value is -4.75. The van der Waals surface area contributed by atoms with Crippen LogP contribution in [0.1, 0.15) is 122 Å². The van der Waals surface area contributed by atoms with Gasteiger partial charge in [-0.15, -0.1) is 11.8 Å². The van der Waals surface area contributed by atoms with Gasteiger partial charge in [-0.25, -0.2) is 14.4 Å². The number of aliphatic hydroxyl groups is 1. The Kier molecular flexibility index (Phi) is 44.4. The summed E-state index contributed by atoms with van der Waals surface area (Å²) in [6.45, 7) is -0.188. The summed E-state index contributed by atoms with van der Waals surface area (Å²) in [6.07, 6.45) is 13.4. The number of nitrogens with one attached hydrogen (secondary N) is 7. The molecule has 6 amide bonds. The van der Waals surface area contributed by atoms with Crippen LogP contribution in [0.25, 0.3) is 0 Å². The van der Waals surface area contributed by atoms with Gasteiger partial charge < -0.3 is 76.6 Å². The Bertz CT molecular complexity index is 1820. The van der Waals surface area contributed by atoms with Gasteiger partial charge in [0, 0.05) is 38.2 Å². The van der Waals surface area contributed by atoms with Gasteiger partial charge in [0.1, 0.15) is 31.3 Å². The second-order valence-corrected chi connectivity index (χ2v) is 20.5. The number of rotatable bonds is 53. The molecule has 0 aliphatic rings. The Morgan fingerprint density at radius 3 is 1.45 bits per heavy atom. The van der Waals surface area contributed by atoms with Gasteiger partial charge in [0.15, 0.2) is 0 Å². The van der Waals surface area contributed by atoms with Crippen LogP contribution >= 0.6 is 11.8 Å². The van der Waals surface area contributed by atoms with E-state index in [0.29, 0.717) is 25.7 Å². The van der Waals surface area contributed by atoms with E-state index in [-0.39, 0.29) is 121 Å². The average molecular weight is 1150 g/mol. The number of carboxylic acid groups (broad SMARTS) is 3. The topological polar surface area (TPSA) is 410 Å². The Morgan fingerprint density at radius 2 is 0.935 bits per heavy atom. The van der Waals surface area contributed by atoms with Crippen molar-refractivity contribution in [1.29, 1.82) is 0 Å². The highest BCUT2D eigenvalue weighted by Crippen LogP contribution is 2.14. The molecule has 0 aromatic heterocycles. The number of thioether (sulfide) groups is 1. The predicted octanol–water partition coefficient (Wildman–Crippen LogP) is -0.277. The minimum absolute atomic E-state index is 0.00772. The van der Waals surface area contributed by atoms with E-state index in [1.165, 1.54) is 7.05 Å². The van der Waals surface area contributed by atoms with Crippen LogP contribution < -0.4 is 37.2 Å². The molecule has 0 spiro atoms. The fraction of sp³-hybridized carbons (Fsp3) is 0.812. The molecule has 0 saturated carbocycles. The van der Waals surface area contributed by atoms with Crippen LogP contribution in [-0.2, 0) is 72.2 Å². The van der Waals surface area contributed by atoms with Gasteiger partial charge in [0.25, 0.3) is 10.1 Å². The highest BCUT2D eigenvalue weighted by Gasteiger charge is 2.25. The molecular formula is C48H87N7O20S2. The largest absolute Gasteiger partial charge is 0.480 e. The third-order valence-corrected chi connectivity index (χ3v) is 13.1. The van der Waals surface area contributed by atoms with Crippen molar-refractivity contribution in [2.45, 2.75) is 146 Å². The summed E-state index contributed by atoms with van der Waals surface area (Å²) < 4.78 is 51.4. The summed E-state index contributed by atoms with van der Waals surface area (Å²) >= 11 is 1.13. The van der Waals surface area contributed by atoms with E-state index in [1.807, 2.05) is 0 Å². The zero-order valence-electron chi connectivity index (χ0n) is 44.5. The molecule has 12 N–H and O–H groups in total. The van der Waals surface area contributed by atoms with Crippen LogP contribution in [0, 0.1) is 0 Å². The third kappa shape index (κ3) is 44.9. The van der Waals surface area contributed by atoms with Crippen LogP contribution in [0.4, 0.5) is 0 Å². The number of carbonyl (C=O) groups excluding carboxylic acids is 6. The number of likely N-dealkylation sites (N-methyl/N-ethyl adjacent to an activating group) is 1. The lowest BCUT2D eigenvalue weighted by Gasteiger charge is -2.18. The fourth-order valence-corrected chi connectivity index (χ4v) is 8.54. The molecule has 0 radical (unpaired) electrons. The molecule has 0 aromatic rings. The molecule has 446 valence electrons. The van der Waals surface area contributed by atoms with Gasteiger partial charge in [0.05, 0.1) is 63.8 Å². The second-order valence-electron chi connectivity index (χ2n) is 17.9. The number of aliphatic hydroxyl groups excluding tert-OH is 1. The molecule has 0 aliphatic heterocycles. The molecular weight excluding hydrogens is 1060 g/mol. The minimum atomic E-state index is -3.86. The van der Waals surface area contributed by atoms with Crippen molar-refractivity contribution in [2.75, 3.05) is 103 Å². The quantitative estimate of drug-likeness (QED) is 0.0275. The maximum atomic E-state index is 12.3. The molecule has 77 heavy (non-hydrogen) atoms. The maximum absolute atomic E-state index is 12.3. The summed E-state index contributed by atoms with van der Waals surface area (Å²) in [5.74, 6) is -6.63. The highest BCUT2D eigenvalue weighted by atomic mass is 32.2. The summed E-state index contributed by atoms with van der Waals surface area (Å²) in [5, 5.41) is 54.8. The Labute approximate surface area is 456 Å². The normalized spacial score (nSPS) is 12.9. The predicted molar refractivity (Wildman–Crippen MR) is 282 cm³/mol. The lowest BCUT2D eigenvalue weighted by Crippen LogP contribution is -2.51. The van der Waals surface area contributed by atoms with Crippen LogP contribution in [0.3, 0.4) is 0 Å². The molecule has 0 saturated heterocycles. The van der Waals surface area contributed by atoms with E-state index < -0.39 is 89.0 Å². The number of amides is 6. The van der Waals surface area contributed by atoms with Gasteiger partial charge in [-0.2, -0.15) is 8.42 Å². The summed E-state index contributed by atoms with van der Waals surface area (Å²) in [6, 6.07) is -4.61. The van der Waals surface area contributed by atoms with Crippen LogP contribution in [0.2, 0.25) is 0 Å². The van der Waals surface area contributed by atoms with Gasteiger partial charge in [-0.1, -0.05) is 70.6 Å². The van der Waals surface area contributed by atoms with E-state index in [1.54, 1.807) is 0 Å². The van der Waals surface area contributed by atoms with Crippen molar-refractivity contribution in [3.05, 3.63) is 0 Å². The lowest BCUT2D eigenvalue weighted by molar-refractivity contribution is -0.143. The van der Waals surface area contributed by atoms with Crippen molar-refractivity contribution in [3.63, 3.8) is 0 Å². The fourth-order valence-electron chi connectivity index (χ4n) is 7.01. The van der Waals surface area contributed by atoms with Crippen molar-refractivity contribution in [3.8, 4) is 0 Å². The van der Waals surface area contributed by atoms with Gasteiger partial charge in [0.2, 0.25) is 35.4 Å². The first kappa shape index (κ1) is 72.2. The zero-order valence-corrected chi connectivity index (χ0v) is 46.2. The maximum Gasteiger partial charge on any atom is 0.328 e. The number of unbranched alkanes of at least 4 members (excludes halogenated alkanes) is 13. The molecule has 0 aliphatic carbocycles. The molecule has 4 atom stereocenters. The smallest absolute Gasteiger partial charge is 0.328 e. The van der Waals surface area contributed by atoms with Crippen molar-refractivity contribution in [2.24, 2.45) is 0 Å². The standard InChI is InChI=1S/C48H87N7O20S2/c1-49-39(45(62)55-38(31-56)48(67)68)34-76-35-44(61)50-21-15-14-17-36(46(63)64)54-43(60)33-75-29-27-73-25-23-52-42(59)32-74-28-26-72-24-22-51-40(57)20-19-37(47(65)66)53-41(58)18-13-11-9-7-5-3-2-4-6-8-10-12-16-30-77(69,70)71/h36-39,49,56H,2-35H2,1H3,(H,50,61)(H,51,57)(H,52,59)(H,53,58)(H,54,60)(H,55,62)(H,63,64)(H,65,66)(H,67,68)(H,69,70,71)/t36-,37+,38+,39+/m1/s1. The molecule has 27 nitrogen and oxygen atoms in total. The molecule has 0 rings (SSSR count). The first-order valence-corrected chi connectivity index (χ1v) is 29.1. The number of hydrogen-bond acceptors (Lipinski definition) is 18. The van der Waals surface area contributed by atoms with E-state index >= 15 is 0 Å². The number of hydrogen-bond donors (Lipinski definition) is 12. The molecule has 29 heteroatoms. The first-order valence-electron chi connectivity index (χ1n) is 26.3. The lowest BCUT2D eigenvalue weighted by atomic mass is 10.0. The van der Waals surface area contributed by atoms with E-state index in [9.17, 15) is 61.8 Å². The molecule has 0 heterocycles. The van der Waals surface area contributed by atoms with Gasteiger partial charge >= 0.3 is 17.9 Å². The van der Waals surface area contributed by atoms with Crippen LogP contribution in [0.5, 0.6) is 0 Å². The zero-order chi connectivity index (χ0) is 57.5. The van der Waals surface area contributed by atoms with E-state index in [2.05, 4.69) is 37.2 Å². The van der Waals surface area contributed by atoms with Crippen LogP contribution in [0.15, 0.2) is 0 Å². The van der Waals surface area contributed by atoms with Gasteiger partial charge in [-0.05, 0) is 45.6 Å². The SMILES string of the molecule is CN[C@@H](CSCC(=O)NCCCC[C@@H](NC(=O)COCCOCCNC(=O)COCCOCCNC(=O)CC[C@H](NC(=O)CCCCCCCCCCCCCCCS(=O)(=O)O)C(=O)O)C(=O)O)C(=O)N[C@@H](CO)C(=O)O. The summed E-state index contributed by atoms with van der Waals surface area (Å²) in [7, 11) is -2.37. The number of aliphatic carboxylic acids is 3. The van der Waals surface area contributed by atoms with Gasteiger partial charge in [-0.3, -0.25) is 33.3 Å². The second kappa shape index (κ2) is 47.3. The number of ether oxygens (including phenoxy) is 4. The Morgan fingerprint density at radius 1 is 0.468 bits per heavy atom.